The predicted octanol–water partition coefficient (Wildman–Crippen LogP) is 3.49. The van der Waals surface area contributed by atoms with Gasteiger partial charge in [-0.25, -0.2) is 0 Å². The molecule has 3 aromatic rings. The van der Waals surface area contributed by atoms with E-state index >= 15 is 0 Å². The van der Waals surface area contributed by atoms with Gasteiger partial charge in [0.25, 0.3) is 5.91 Å². The quantitative estimate of drug-likeness (QED) is 0.725. The van der Waals surface area contributed by atoms with Gasteiger partial charge < -0.3 is 13.8 Å². The molecule has 4 rings (SSSR count). The molecule has 6 nitrogen and oxygen atoms in total. The van der Waals surface area contributed by atoms with Gasteiger partial charge in [-0.05, 0) is 42.3 Å². The first kappa shape index (κ1) is 15.1. The molecule has 1 aliphatic rings. The second-order valence-corrected chi connectivity index (χ2v) is 6.74. The maximum absolute atomic E-state index is 12.4. The van der Waals surface area contributed by atoms with Crippen molar-refractivity contribution in [1.29, 1.82) is 0 Å². The number of nitrogens with zero attached hydrogens (tertiary/aromatic N) is 3. The summed E-state index contributed by atoms with van der Waals surface area (Å²) in [4.78, 5) is 18.7. The minimum Gasteiger partial charge on any atom is -0.459 e. The first-order valence-corrected chi connectivity index (χ1v) is 8.92. The molecule has 0 N–H and O–H groups in total. The molecule has 0 aliphatic carbocycles. The highest BCUT2D eigenvalue weighted by Gasteiger charge is 2.27. The average molecular weight is 343 g/mol. The number of carbonyl (C=O) groups is 1. The van der Waals surface area contributed by atoms with E-state index in [0.717, 1.165) is 24.9 Å². The number of likely N-dealkylation sites (tertiary alicyclic amines) is 1. The summed E-state index contributed by atoms with van der Waals surface area (Å²) in [5, 5.41) is 8.03. The van der Waals surface area contributed by atoms with Crippen LogP contribution in [0.2, 0.25) is 0 Å². The topological polar surface area (TPSA) is 72.4 Å². The Morgan fingerprint density at radius 2 is 2.38 bits per heavy atom. The van der Waals surface area contributed by atoms with Crippen LogP contribution in [-0.2, 0) is 6.42 Å². The zero-order chi connectivity index (χ0) is 16.4. The summed E-state index contributed by atoms with van der Waals surface area (Å²) in [6.45, 7) is 1.45. The van der Waals surface area contributed by atoms with Gasteiger partial charge in [-0.2, -0.15) is 16.3 Å². The standard InChI is InChI=1S/C17H17N3O3S/c21-17(14-4-2-7-22-14)20-6-1-3-12(10-20)9-15-18-16(19-23-15)13-5-8-24-11-13/h2,4-5,7-8,11-12H,1,3,6,9-10H2. The van der Waals surface area contributed by atoms with Crippen LogP contribution in [0.4, 0.5) is 0 Å². The van der Waals surface area contributed by atoms with Crippen molar-refractivity contribution in [2.24, 2.45) is 5.92 Å². The molecule has 0 spiro atoms. The number of amides is 1. The van der Waals surface area contributed by atoms with E-state index in [-0.39, 0.29) is 5.91 Å². The lowest BCUT2D eigenvalue weighted by Gasteiger charge is -2.31. The monoisotopic (exact) mass is 343 g/mol. The van der Waals surface area contributed by atoms with Crippen LogP contribution in [0.1, 0.15) is 29.3 Å². The molecule has 0 bridgehead atoms. The molecule has 0 saturated carbocycles. The minimum absolute atomic E-state index is 0.0470. The second-order valence-electron chi connectivity index (χ2n) is 5.96. The molecule has 1 amide bonds. The van der Waals surface area contributed by atoms with Crippen molar-refractivity contribution in [3.05, 3.63) is 46.9 Å². The zero-order valence-corrected chi connectivity index (χ0v) is 13.9. The molecule has 3 aromatic heterocycles. The number of aromatic nitrogens is 2. The summed E-state index contributed by atoms with van der Waals surface area (Å²) in [7, 11) is 0. The summed E-state index contributed by atoms with van der Waals surface area (Å²) in [6, 6.07) is 5.42. The third kappa shape index (κ3) is 3.12. The molecular formula is C17H17N3O3S. The van der Waals surface area contributed by atoms with Gasteiger partial charge in [0.15, 0.2) is 5.76 Å². The van der Waals surface area contributed by atoms with Crippen LogP contribution in [0.15, 0.2) is 44.2 Å². The summed E-state index contributed by atoms with van der Waals surface area (Å²) in [5.74, 6) is 1.94. The van der Waals surface area contributed by atoms with E-state index in [9.17, 15) is 4.79 Å². The Labute approximate surface area is 143 Å². The molecular weight excluding hydrogens is 326 g/mol. The minimum atomic E-state index is -0.0470. The van der Waals surface area contributed by atoms with Crippen molar-refractivity contribution < 1.29 is 13.7 Å². The SMILES string of the molecule is O=C(c1ccco1)N1CCCC(Cc2nc(-c3ccsc3)no2)C1. The third-order valence-electron chi connectivity index (χ3n) is 4.25. The maximum atomic E-state index is 12.4. The van der Waals surface area contributed by atoms with Crippen LogP contribution in [0, 0.1) is 5.92 Å². The highest BCUT2D eigenvalue weighted by molar-refractivity contribution is 7.08. The fraction of sp³-hybridized carbons (Fsp3) is 0.353. The number of hydrogen-bond donors (Lipinski definition) is 0. The van der Waals surface area contributed by atoms with Crippen molar-refractivity contribution in [3.63, 3.8) is 0 Å². The second kappa shape index (κ2) is 6.60. The van der Waals surface area contributed by atoms with Crippen LogP contribution >= 0.6 is 11.3 Å². The lowest BCUT2D eigenvalue weighted by atomic mass is 9.94. The smallest absolute Gasteiger partial charge is 0.289 e. The number of thiophene rings is 1. The Kier molecular flexibility index (Phi) is 4.17. The van der Waals surface area contributed by atoms with E-state index in [2.05, 4.69) is 10.1 Å². The van der Waals surface area contributed by atoms with E-state index in [1.165, 1.54) is 6.26 Å². The van der Waals surface area contributed by atoms with Crippen LogP contribution in [0.3, 0.4) is 0 Å². The van der Waals surface area contributed by atoms with E-state index in [1.807, 2.05) is 21.7 Å². The predicted molar refractivity (Wildman–Crippen MR) is 88.7 cm³/mol. The van der Waals surface area contributed by atoms with E-state index in [0.29, 0.717) is 36.4 Å². The molecule has 1 unspecified atom stereocenters. The summed E-state index contributed by atoms with van der Waals surface area (Å²) < 4.78 is 10.6. The fourth-order valence-electron chi connectivity index (χ4n) is 3.07. The van der Waals surface area contributed by atoms with Crippen LogP contribution in [0.5, 0.6) is 0 Å². The van der Waals surface area contributed by atoms with Gasteiger partial charge in [-0.3, -0.25) is 4.79 Å². The van der Waals surface area contributed by atoms with Crippen molar-refractivity contribution in [3.8, 4) is 11.4 Å². The molecule has 7 heteroatoms. The molecule has 0 radical (unpaired) electrons. The fourth-order valence-corrected chi connectivity index (χ4v) is 3.70. The Morgan fingerprint density at radius 1 is 1.42 bits per heavy atom. The summed E-state index contributed by atoms with van der Waals surface area (Å²) in [6.07, 6.45) is 4.25. The molecule has 1 saturated heterocycles. The first-order valence-electron chi connectivity index (χ1n) is 7.97. The van der Waals surface area contributed by atoms with Gasteiger partial charge >= 0.3 is 0 Å². The Hall–Kier alpha value is -2.41. The molecule has 0 aromatic carbocycles. The van der Waals surface area contributed by atoms with Crippen molar-refractivity contribution >= 4 is 17.2 Å². The number of furan rings is 1. The summed E-state index contributed by atoms with van der Waals surface area (Å²) in [5.41, 5.74) is 0.980. The Morgan fingerprint density at radius 3 is 3.17 bits per heavy atom. The van der Waals surface area contributed by atoms with Crippen molar-refractivity contribution in [1.82, 2.24) is 15.0 Å². The number of piperidine rings is 1. The maximum Gasteiger partial charge on any atom is 0.289 e. The van der Waals surface area contributed by atoms with Crippen LogP contribution in [-0.4, -0.2) is 34.0 Å². The van der Waals surface area contributed by atoms with Crippen molar-refractivity contribution in [2.45, 2.75) is 19.3 Å². The molecule has 1 atom stereocenters. The van der Waals surface area contributed by atoms with Gasteiger partial charge in [-0.1, -0.05) is 5.16 Å². The first-order chi connectivity index (χ1) is 11.8. The van der Waals surface area contributed by atoms with E-state index in [4.69, 9.17) is 8.94 Å². The Balaban J connectivity index is 1.41. The largest absolute Gasteiger partial charge is 0.459 e. The molecule has 4 heterocycles. The highest BCUT2D eigenvalue weighted by atomic mass is 32.1. The molecule has 24 heavy (non-hydrogen) atoms. The number of rotatable bonds is 4. The van der Waals surface area contributed by atoms with Gasteiger partial charge in [0.05, 0.1) is 6.26 Å². The van der Waals surface area contributed by atoms with Gasteiger partial charge in [0.1, 0.15) is 0 Å². The van der Waals surface area contributed by atoms with Crippen molar-refractivity contribution in [2.75, 3.05) is 13.1 Å². The van der Waals surface area contributed by atoms with Crippen LogP contribution < -0.4 is 0 Å². The molecule has 1 aliphatic heterocycles. The van der Waals surface area contributed by atoms with Gasteiger partial charge in [0.2, 0.25) is 11.7 Å². The van der Waals surface area contributed by atoms with E-state index in [1.54, 1.807) is 23.5 Å². The average Bonchev–Trinajstić information content (AvgIpc) is 3.35. The lowest BCUT2D eigenvalue weighted by molar-refractivity contribution is 0.0636. The van der Waals surface area contributed by atoms with Gasteiger partial charge in [-0.15, -0.1) is 0 Å². The summed E-state index contributed by atoms with van der Waals surface area (Å²) >= 11 is 1.61. The third-order valence-corrected chi connectivity index (χ3v) is 4.93. The lowest BCUT2D eigenvalue weighted by Crippen LogP contribution is -2.40. The normalized spacial score (nSPS) is 18.0. The van der Waals surface area contributed by atoms with E-state index < -0.39 is 0 Å². The molecule has 1 fully saturated rings. The molecule has 124 valence electrons. The van der Waals surface area contributed by atoms with Crippen LogP contribution in [0.25, 0.3) is 11.4 Å². The highest BCUT2D eigenvalue weighted by Crippen LogP contribution is 2.24. The van der Waals surface area contributed by atoms with Gasteiger partial charge in [0, 0.05) is 30.5 Å². The zero-order valence-electron chi connectivity index (χ0n) is 13.1. The Bertz CT molecular complexity index is 795. The number of carbonyl (C=O) groups excluding carboxylic acids is 1. The number of hydrogen-bond acceptors (Lipinski definition) is 6.